The molecule has 1 amide bonds. The fourth-order valence-electron chi connectivity index (χ4n) is 10.9. The van der Waals surface area contributed by atoms with Crippen LogP contribution in [0.15, 0.2) is 84.1 Å². The number of H-pyrrole nitrogens is 1. The van der Waals surface area contributed by atoms with Crippen molar-refractivity contribution in [3.8, 4) is 11.5 Å². The monoisotopic (exact) mass is 888 g/mol. The number of amides is 1. The number of aromatic amines is 1. The number of sulfonamides is 1. The van der Waals surface area contributed by atoms with Crippen molar-refractivity contribution >= 4 is 44.2 Å². The largest absolute Gasteiger partial charge is 0.455 e. The first-order valence-electron chi connectivity index (χ1n) is 22.8. The van der Waals surface area contributed by atoms with Crippen molar-refractivity contribution in [2.75, 3.05) is 36.4 Å². The van der Waals surface area contributed by atoms with E-state index in [9.17, 15) is 28.4 Å². The van der Waals surface area contributed by atoms with Crippen molar-refractivity contribution in [2.45, 2.75) is 112 Å². The average molecular weight is 889 g/mol. The molecular weight excluding hydrogens is 833 g/mol. The lowest BCUT2D eigenvalue weighted by molar-refractivity contribution is -0.384. The zero-order chi connectivity index (χ0) is 44.2. The number of carbonyl (C=O) groups is 1. The number of hydrogen-bond donors (Lipinski definition) is 4. The van der Waals surface area contributed by atoms with Crippen LogP contribution in [-0.4, -0.2) is 82.0 Å². The Morgan fingerprint density at radius 2 is 1.72 bits per heavy atom. The van der Waals surface area contributed by atoms with Gasteiger partial charge in [-0.2, -0.15) is 0 Å². The van der Waals surface area contributed by atoms with E-state index < -0.39 is 37.0 Å². The third-order valence-electron chi connectivity index (χ3n) is 14.8. The molecule has 4 N–H and O–H groups in total. The lowest BCUT2D eigenvalue weighted by atomic mass is 9.59. The van der Waals surface area contributed by atoms with Crippen molar-refractivity contribution in [3.05, 3.63) is 106 Å². The fraction of sp³-hybridized carbons (Fsp3) is 0.479. The lowest BCUT2D eigenvalue weighted by Crippen LogP contribution is -2.54. The molecule has 2 aromatic carbocycles. The van der Waals surface area contributed by atoms with E-state index in [0.29, 0.717) is 48.3 Å². The smallest absolute Gasteiger partial charge is 0.312 e. The molecule has 10 rings (SSSR count). The standard InChI is InChI=1S/C48H56N8O7S/c1-47(58)15-12-31(13-16-47)28-50-45-42(56(59)60)25-37(30-52-45)64(61,62)53-46(57)40-11-10-34(24-43(40)63-36-23-33-14-19-49-44(33)51-29-36)54-21-17-48(18-22-54)26-35(27-48)55-20-4-7-41(55)39-6-3-2-5-38(39)32-8-9-32/h2-3,5-6,10-11,14,19,23-25,29-32,35,41,58H,4,7-9,12-13,15-18,20-22,26-28H2,1H3,(H,49,51)(H,50,52)(H,53,57)/t31-,41-,47+/m0/s1. The normalized spacial score (nSPS) is 23.8. The molecule has 1 spiro atoms. The summed E-state index contributed by atoms with van der Waals surface area (Å²) in [6, 6.07) is 20.0. The number of anilines is 2. The van der Waals surface area contributed by atoms with Crippen LogP contribution >= 0.6 is 0 Å². The van der Waals surface area contributed by atoms with Crippen molar-refractivity contribution in [2.24, 2.45) is 11.3 Å². The lowest BCUT2D eigenvalue weighted by Gasteiger charge is -2.56. The van der Waals surface area contributed by atoms with Crippen LogP contribution < -0.4 is 19.7 Å². The van der Waals surface area contributed by atoms with Crippen molar-refractivity contribution in [1.82, 2.24) is 24.6 Å². The number of nitrogens with zero attached hydrogens (tertiary/aromatic N) is 5. The second kappa shape index (κ2) is 16.8. The molecule has 15 nitrogen and oxygen atoms in total. The van der Waals surface area contributed by atoms with Crippen molar-refractivity contribution in [3.63, 3.8) is 0 Å². The molecule has 5 aromatic rings. The Kier molecular flexibility index (Phi) is 11.1. The SMILES string of the molecule is C[C@]1(O)CC[C@@H](CNc2ncc(S(=O)(=O)NC(=O)c3ccc(N4CCC5(CC4)CC(N4CCC[C@H]4c4ccccc4C4CC4)C5)cc3Oc3cnc4[nH]ccc4c3)cc2[N+](=O)[O-])CC1. The van der Waals surface area contributed by atoms with Crippen LogP contribution in [0.4, 0.5) is 17.2 Å². The molecule has 0 radical (unpaired) electrons. The molecule has 3 aliphatic carbocycles. The Morgan fingerprint density at radius 3 is 2.47 bits per heavy atom. The predicted octanol–water partition coefficient (Wildman–Crippen LogP) is 8.59. The van der Waals surface area contributed by atoms with Gasteiger partial charge in [-0.1, -0.05) is 24.3 Å². The molecule has 0 unspecified atom stereocenters. The highest BCUT2D eigenvalue weighted by Gasteiger charge is 2.50. The Hall–Kier alpha value is -5.58. The number of likely N-dealkylation sites (tertiary alicyclic amines) is 1. The molecule has 2 saturated heterocycles. The van der Waals surface area contributed by atoms with E-state index >= 15 is 0 Å². The summed E-state index contributed by atoms with van der Waals surface area (Å²) in [5.41, 5.74) is 3.67. The maximum atomic E-state index is 14.0. The van der Waals surface area contributed by atoms with Crippen LogP contribution in [0.5, 0.6) is 11.5 Å². The highest BCUT2D eigenvalue weighted by molar-refractivity contribution is 7.90. The Bertz CT molecular complexity index is 2670. The first kappa shape index (κ1) is 42.4. The summed E-state index contributed by atoms with van der Waals surface area (Å²) in [4.78, 5) is 41.6. The van der Waals surface area contributed by atoms with E-state index in [-0.39, 0.29) is 23.0 Å². The third-order valence-corrected chi connectivity index (χ3v) is 16.1. The second-order valence-corrected chi connectivity index (χ2v) is 21.0. The number of aromatic nitrogens is 3. The highest BCUT2D eigenvalue weighted by Crippen LogP contribution is 2.55. The predicted molar refractivity (Wildman–Crippen MR) is 243 cm³/mol. The van der Waals surface area contributed by atoms with E-state index in [2.05, 4.69) is 59.1 Å². The number of nitrogens with one attached hydrogen (secondary N) is 3. The topological polar surface area (TPSA) is 196 Å². The second-order valence-electron chi connectivity index (χ2n) is 19.3. The van der Waals surface area contributed by atoms with Gasteiger partial charge in [-0.05, 0) is 143 Å². The van der Waals surface area contributed by atoms with Gasteiger partial charge in [0, 0.05) is 61.1 Å². The van der Waals surface area contributed by atoms with Gasteiger partial charge in [0.2, 0.25) is 5.82 Å². The number of rotatable bonds is 13. The summed E-state index contributed by atoms with van der Waals surface area (Å²) in [7, 11) is -4.62. The van der Waals surface area contributed by atoms with Crippen LogP contribution in [0, 0.1) is 21.4 Å². The van der Waals surface area contributed by atoms with Gasteiger partial charge in [-0.15, -0.1) is 0 Å². The molecular formula is C48H56N8O7S. The van der Waals surface area contributed by atoms with Crippen LogP contribution in [0.2, 0.25) is 0 Å². The van der Waals surface area contributed by atoms with E-state index in [1.165, 1.54) is 51.3 Å². The Balaban J connectivity index is 0.833. The van der Waals surface area contributed by atoms with Gasteiger partial charge in [0.15, 0.2) is 0 Å². The van der Waals surface area contributed by atoms with Gasteiger partial charge in [-0.3, -0.25) is 19.8 Å². The first-order chi connectivity index (χ1) is 30.8. The number of fused-ring (bicyclic) bond motifs is 1. The van der Waals surface area contributed by atoms with Gasteiger partial charge in [0.1, 0.15) is 22.0 Å². The van der Waals surface area contributed by atoms with E-state index in [4.69, 9.17) is 4.74 Å². The minimum atomic E-state index is -4.62. The van der Waals surface area contributed by atoms with Crippen LogP contribution in [-0.2, 0) is 10.0 Å². The minimum absolute atomic E-state index is 0.0348. The number of ether oxygens (including phenoxy) is 1. The minimum Gasteiger partial charge on any atom is -0.455 e. The first-order valence-corrected chi connectivity index (χ1v) is 24.3. The molecule has 16 heteroatoms. The number of pyridine rings is 2. The summed E-state index contributed by atoms with van der Waals surface area (Å²) in [6.45, 7) is 5.04. The number of benzene rings is 2. The molecule has 3 aromatic heterocycles. The van der Waals surface area contributed by atoms with Crippen LogP contribution in [0.1, 0.15) is 117 Å². The maximum absolute atomic E-state index is 14.0. The molecule has 5 heterocycles. The molecule has 5 aliphatic rings. The zero-order valence-electron chi connectivity index (χ0n) is 36.2. The molecule has 1 atom stereocenters. The van der Waals surface area contributed by atoms with Gasteiger partial charge in [0.25, 0.3) is 15.9 Å². The molecule has 3 saturated carbocycles. The summed E-state index contributed by atoms with van der Waals surface area (Å²) in [5.74, 6) is 0.381. The quantitative estimate of drug-likeness (QED) is 0.0650. The maximum Gasteiger partial charge on any atom is 0.312 e. The number of hydrogen-bond acceptors (Lipinski definition) is 12. The summed E-state index contributed by atoms with van der Waals surface area (Å²) in [6.07, 6.45) is 16.7. The molecule has 336 valence electrons. The molecule has 5 fully saturated rings. The summed E-state index contributed by atoms with van der Waals surface area (Å²) < 4.78 is 35.8. The van der Waals surface area contributed by atoms with Crippen molar-refractivity contribution in [1.29, 1.82) is 0 Å². The third kappa shape index (κ3) is 8.66. The number of aliphatic hydroxyl groups is 1. The van der Waals surface area contributed by atoms with Gasteiger partial charge >= 0.3 is 5.69 Å². The van der Waals surface area contributed by atoms with E-state index in [0.717, 1.165) is 68.0 Å². The van der Waals surface area contributed by atoms with Gasteiger partial charge in [-0.25, -0.2) is 23.1 Å². The van der Waals surface area contributed by atoms with Gasteiger partial charge < -0.3 is 25.0 Å². The average Bonchev–Trinajstić information content (AvgIpc) is 3.82. The zero-order valence-corrected chi connectivity index (χ0v) is 37.0. The highest BCUT2D eigenvalue weighted by atomic mass is 32.2. The van der Waals surface area contributed by atoms with Crippen LogP contribution in [0.25, 0.3) is 11.0 Å². The van der Waals surface area contributed by atoms with Gasteiger partial charge in [0.05, 0.1) is 28.5 Å². The fourth-order valence-corrected chi connectivity index (χ4v) is 11.8. The number of carbonyl (C=O) groups excluding carboxylic acids is 1. The van der Waals surface area contributed by atoms with E-state index in [1.807, 2.05) is 12.1 Å². The number of piperidine rings is 1. The Morgan fingerprint density at radius 1 is 0.953 bits per heavy atom. The number of nitro groups is 1. The summed E-state index contributed by atoms with van der Waals surface area (Å²) in [5, 5.41) is 26.2. The van der Waals surface area contributed by atoms with E-state index in [1.54, 1.807) is 42.4 Å². The summed E-state index contributed by atoms with van der Waals surface area (Å²) >= 11 is 0. The molecule has 0 bridgehead atoms. The Labute approximate surface area is 373 Å². The van der Waals surface area contributed by atoms with Crippen molar-refractivity contribution < 1.29 is 28.0 Å². The van der Waals surface area contributed by atoms with Crippen LogP contribution in [0.3, 0.4) is 0 Å². The molecule has 2 aliphatic heterocycles. The molecule has 64 heavy (non-hydrogen) atoms.